The molecule has 0 aliphatic rings. The van der Waals surface area contributed by atoms with Gasteiger partial charge in [-0.3, -0.25) is 14.4 Å². The maximum atomic E-state index is 12.2. The van der Waals surface area contributed by atoms with Crippen LogP contribution in [0.4, 0.5) is 17.1 Å². The normalized spacial score (nSPS) is 12.0. The van der Waals surface area contributed by atoms with Gasteiger partial charge in [-0.05, 0) is 42.3 Å². The molecule has 29 heavy (non-hydrogen) atoms. The molecular weight excluding hydrogens is 398 g/mol. The minimum absolute atomic E-state index is 0.0101. The molecule has 0 saturated carbocycles. The first-order chi connectivity index (χ1) is 13.7. The molecule has 0 aliphatic carbocycles. The molecule has 1 amide bonds. The predicted octanol–water partition coefficient (Wildman–Crippen LogP) is 3.24. The molecule has 3 rings (SSSR count). The monoisotopic (exact) mass is 417 g/mol. The number of hydrogen-bond acceptors (Lipinski definition) is 7. The summed E-state index contributed by atoms with van der Waals surface area (Å²) in [5.41, 5.74) is -1.09. The highest BCUT2D eigenvalue weighted by Crippen LogP contribution is 2.33. The van der Waals surface area contributed by atoms with Gasteiger partial charge in [0.2, 0.25) is 0 Å². The van der Waals surface area contributed by atoms with Crippen LogP contribution in [0.15, 0.2) is 44.3 Å². The number of halogens is 1. The third-order valence-electron chi connectivity index (χ3n) is 4.51. The molecule has 8 nitrogen and oxygen atoms in total. The molecule has 3 N–H and O–H groups in total. The molecule has 0 fully saturated rings. The van der Waals surface area contributed by atoms with E-state index in [2.05, 4.69) is 10.6 Å². The molecule has 0 radical (unpaired) electrons. The zero-order valence-corrected chi connectivity index (χ0v) is 16.8. The summed E-state index contributed by atoms with van der Waals surface area (Å²) in [6, 6.07) is 7.45. The average molecular weight is 418 g/mol. The smallest absolute Gasteiger partial charge is 0.257 e. The third kappa shape index (κ3) is 3.84. The highest BCUT2D eigenvalue weighted by atomic mass is 35.5. The fourth-order valence-corrected chi connectivity index (χ4v) is 3.06. The maximum absolute atomic E-state index is 12.2. The minimum Gasteiger partial charge on any atom is -0.505 e. The predicted molar refractivity (Wildman–Crippen MR) is 111 cm³/mol. The van der Waals surface area contributed by atoms with E-state index < -0.39 is 16.8 Å². The summed E-state index contributed by atoms with van der Waals surface area (Å²) in [6.07, 6.45) is 0.570. The topological polar surface area (TPSA) is 112 Å². The zero-order valence-electron chi connectivity index (χ0n) is 16.1. The van der Waals surface area contributed by atoms with Crippen molar-refractivity contribution in [2.45, 2.75) is 19.4 Å². The lowest BCUT2D eigenvalue weighted by atomic mass is 10.1. The summed E-state index contributed by atoms with van der Waals surface area (Å²) < 4.78 is 5.39. The summed E-state index contributed by atoms with van der Waals surface area (Å²) in [7, 11) is 3.12. The first kappa shape index (κ1) is 20.5. The Morgan fingerprint density at radius 3 is 2.45 bits per heavy atom. The van der Waals surface area contributed by atoms with Crippen LogP contribution in [-0.2, 0) is 0 Å². The summed E-state index contributed by atoms with van der Waals surface area (Å²) >= 11 is 5.82. The lowest BCUT2D eigenvalue weighted by Crippen LogP contribution is -2.37. The van der Waals surface area contributed by atoms with Gasteiger partial charge in [-0.15, -0.1) is 0 Å². The molecule has 0 bridgehead atoms. The quantitative estimate of drug-likeness (QED) is 0.399. The van der Waals surface area contributed by atoms with Crippen LogP contribution in [0.3, 0.4) is 0 Å². The van der Waals surface area contributed by atoms with Crippen molar-refractivity contribution in [3.63, 3.8) is 0 Å². The Hall–Kier alpha value is -3.26. The number of para-hydroxylation sites is 1. The van der Waals surface area contributed by atoms with Gasteiger partial charge in [0.25, 0.3) is 16.8 Å². The van der Waals surface area contributed by atoms with E-state index in [1.54, 1.807) is 32.3 Å². The van der Waals surface area contributed by atoms with Gasteiger partial charge in [0.05, 0.1) is 17.3 Å². The SMILES string of the molecule is CCC(Nc1c(Nc2cccc(C(=O)N(C)C)c2O)c(=O)c1=O)c1ccc(Cl)o1. The Morgan fingerprint density at radius 2 is 1.86 bits per heavy atom. The van der Waals surface area contributed by atoms with Crippen LogP contribution < -0.4 is 21.5 Å². The fourth-order valence-electron chi connectivity index (χ4n) is 2.91. The molecule has 1 heterocycles. The number of furan rings is 1. The number of benzene rings is 1. The van der Waals surface area contributed by atoms with E-state index in [1.165, 1.54) is 17.0 Å². The second kappa shape index (κ2) is 8.00. The molecule has 1 unspecified atom stereocenters. The van der Waals surface area contributed by atoms with Crippen molar-refractivity contribution in [1.82, 2.24) is 4.90 Å². The summed E-state index contributed by atoms with van der Waals surface area (Å²) in [5.74, 6) is -0.178. The number of nitrogens with zero attached hydrogens (tertiary/aromatic N) is 1. The molecule has 2 aromatic carbocycles. The first-order valence-corrected chi connectivity index (χ1v) is 9.28. The van der Waals surface area contributed by atoms with Gasteiger partial charge in [-0.25, -0.2) is 0 Å². The Balaban J connectivity index is 1.90. The number of anilines is 3. The molecule has 9 heteroatoms. The number of amides is 1. The number of rotatable bonds is 7. The van der Waals surface area contributed by atoms with Gasteiger partial charge in [-0.1, -0.05) is 13.0 Å². The van der Waals surface area contributed by atoms with Crippen LogP contribution in [0.2, 0.25) is 5.22 Å². The third-order valence-corrected chi connectivity index (χ3v) is 4.71. The van der Waals surface area contributed by atoms with Crippen LogP contribution >= 0.6 is 11.6 Å². The number of phenolic OH excluding ortho intramolecular Hbond substituents is 1. The van der Waals surface area contributed by atoms with E-state index in [4.69, 9.17) is 16.0 Å². The lowest BCUT2D eigenvalue weighted by molar-refractivity contribution is 0.0824. The van der Waals surface area contributed by atoms with Crippen molar-refractivity contribution < 1.29 is 14.3 Å². The molecule has 1 atom stereocenters. The van der Waals surface area contributed by atoms with Crippen molar-refractivity contribution in [2.75, 3.05) is 24.7 Å². The van der Waals surface area contributed by atoms with Gasteiger partial charge in [-0.2, -0.15) is 0 Å². The summed E-state index contributed by atoms with van der Waals surface area (Å²) in [4.78, 5) is 37.7. The van der Waals surface area contributed by atoms with Crippen molar-refractivity contribution >= 4 is 34.6 Å². The first-order valence-electron chi connectivity index (χ1n) is 8.90. The largest absolute Gasteiger partial charge is 0.505 e. The Bertz CT molecular complexity index is 1130. The Morgan fingerprint density at radius 1 is 1.17 bits per heavy atom. The van der Waals surface area contributed by atoms with Crippen molar-refractivity contribution in [3.05, 3.63) is 67.3 Å². The van der Waals surface area contributed by atoms with Crippen LogP contribution in [0.5, 0.6) is 5.75 Å². The van der Waals surface area contributed by atoms with E-state index in [1.807, 2.05) is 6.92 Å². The number of carbonyl (C=O) groups excluding carboxylic acids is 1. The van der Waals surface area contributed by atoms with Gasteiger partial charge in [0, 0.05) is 14.1 Å². The molecule has 3 aromatic rings. The molecule has 1 aromatic heterocycles. The van der Waals surface area contributed by atoms with Crippen molar-refractivity contribution in [3.8, 4) is 5.75 Å². The Labute approximate surface area is 171 Å². The number of hydrogen-bond donors (Lipinski definition) is 3. The second-order valence-corrected chi connectivity index (χ2v) is 7.05. The standard InChI is InChI=1S/C20H20ClN3O5/c1-4-11(13-8-9-14(21)29-13)22-15-16(19(27)18(15)26)23-12-7-5-6-10(17(12)25)20(28)24(2)3/h5-9,11,22-23,25H,4H2,1-3H3. The van der Waals surface area contributed by atoms with E-state index >= 15 is 0 Å². The van der Waals surface area contributed by atoms with Gasteiger partial charge in [0.15, 0.2) is 11.0 Å². The number of phenols is 1. The highest BCUT2D eigenvalue weighted by molar-refractivity contribution is 6.28. The van der Waals surface area contributed by atoms with Gasteiger partial charge in [0.1, 0.15) is 17.1 Å². The van der Waals surface area contributed by atoms with Gasteiger partial charge < -0.3 is 25.1 Å². The van der Waals surface area contributed by atoms with Crippen LogP contribution in [0.25, 0.3) is 0 Å². The van der Waals surface area contributed by atoms with Crippen LogP contribution in [0.1, 0.15) is 35.5 Å². The lowest BCUT2D eigenvalue weighted by Gasteiger charge is -2.21. The van der Waals surface area contributed by atoms with Crippen LogP contribution in [0, 0.1) is 0 Å². The number of carbonyl (C=O) groups is 1. The zero-order chi connectivity index (χ0) is 21.3. The number of aromatic hydroxyl groups is 1. The summed E-state index contributed by atoms with van der Waals surface area (Å²) in [6.45, 7) is 1.88. The fraction of sp³-hybridized carbons (Fsp3) is 0.250. The van der Waals surface area contributed by atoms with E-state index in [0.717, 1.165) is 0 Å². The van der Waals surface area contributed by atoms with Crippen LogP contribution in [-0.4, -0.2) is 30.0 Å². The molecular formula is C20H20ClN3O5. The average Bonchev–Trinajstić information content (AvgIpc) is 3.13. The van der Waals surface area contributed by atoms with E-state index in [9.17, 15) is 19.5 Å². The maximum Gasteiger partial charge on any atom is 0.257 e. The second-order valence-electron chi connectivity index (χ2n) is 6.68. The van der Waals surface area contributed by atoms with Crippen molar-refractivity contribution in [1.29, 1.82) is 0 Å². The summed E-state index contributed by atoms with van der Waals surface area (Å²) in [5, 5.41) is 16.4. The minimum atomic E-state index is -0.719. The Kier molecular flexibility index (Phi) is 5.65. The molecule has 0 spiro atoms. The van der Waals surface area contributed by atoms with E-state index in [0.29, 0.717) is 12.2 Å². The highest BCUT2D eigenvalue weighted by Gasteiger charge is 2.26. The molecule has 152 valence electrons. The molecule has 0 saturated heterocycles. The van der Waals surface area contributed by atoms with Gasteiger partial charge >= 0.3 is 0 Å². The van der Waals surface area contributed by atoms with Crippen molar-refractivity contribution in [2.24, 2.45) is 0 Å². The number of nitrogens with one attached hydrogen (secondary N) is 2. The molecule has 0 aliphatic heterocycles. The van der Waals surface area contributed by atoms with E-state index in [-0.39, 0.29) is 39.6 Å².